The van der Waals surface area contributed by atoms with E-state index in [0.29, 0.717) is 5.56 Å². The lowest BCUT2D eigenvalue weighted by molar-refractivity contribution is -0.274. The summed E-state index contributed by atoms with van der Waals surface area (Å²) in [7, 11) is 0. The third-order valence-corrected chi connectivity index (χ3v) is 3.24. The van der Waals surface area contributed by atoms with Gasteiger partial charge in [-0.2, -0.15) is 8.78 Å². The van der Waals surface area contributed by atoms with Crippen LogP contribution in [0.3, 0.4) is 0 Å². The molecule has 146 valence electrons. The molecular weight excluding hydrogens is 375 g/mol. The van der Waals surface area contributed by atoms with E-state index in [9.17, 15) is 26.7 Å². The molecule has 2 aromatic carbocycles. The molecule has 10 heteroatoms. The maximum absolute atomic E-state index is 12.4. The fourth-order valence-corrected chi connectivity index (χ4v) is 2.08. The maximum Gasteiger partial charge on any atom is 0.573 e. The number of carbonyl (C=O) groups excluding carboxylic acids is 1. The summed E-state index contributed by atoms with van der Waals surface area (Å²) in [4.78, 5) is 11.8. The average Bonchev–Trinajstić information content (AvgIpc) is 2.58. The van der Waals surface area contributed by atoms with E-state index in [4.69, 9.17) is 0 Å². The summed E-state index contributed by atoms with van der Waals surface area (Å²) < 4.78 is 69.3. The average molecular weight is 390 g/mol. The van der Waals surface area contributed by atoms with Crippen LogP contribution in [-0.4, -0.2) is 19.0 Å². The lowest BCUT2D eigenvalue weighted by atomic mass is 10.2. The zero-order chi connectivity index (χ0) is 19.9. The van der Waals surface area contributed by atoms with Crippen LogP contribution in [-0.2, 0) is 13.1 Å². The highest BCUT2D eigenvalue weighted by molar-refractivity contribution is 5.73. The molecule has 0 radical (unpaired) electrons. The van der Waals surface area contributed by atoms with Gasteiger partial charge in [-0.1, -0.05) is 30.3 Å². The van der Waals surface area contributed by atoms with Gasteiger partial charge in [0, 0.05) is 18.7 Å². The minimum absolute atomic E-state index is 0.0144. The van der Waals surface area contributed by atoms with Gasteiger partial charge in [-0.15, -0.1) is 13.2 Å². The predicted octanol–water partition coefficient (Wildman–Crippen LogP) is 4.19. The van der Waals surface area contributed by atoms with Gasteiger partial charge in [-0.25, -0.2) is 4.79 Å². The molecule has 27 heavy (non-hydrogen) atoms. The zero-order valence-corrected chi connectivity index (χ0v) is 13.7. The Morgan fingerprint density at radius 1 is 0.963 bits per heavy atom. The molecule has 0 aliphatic rings. The summed E-state index contributed by atoms with van der Waals surface area (Å²) in [6, 6.07) is 10.4. The first-order valence-electron chi connectivity index (χ1n) is 7.62. The SMILES string of the molecule is O=C(NCc1ccc(OC(F)F)cc1)NCc1ccccc1OC(F)(F)F. The van der Waals surface area contributed by atoms with E-state index >= 15 is 0 Å². The second-order valence-electron chi connectivity index (χ2n) is 5.21. The third kappa shape index (κ3) is 7.38. The highest BCUT2D eigenvalue weighted by Gasteiger charge is 2.31. The smallest absolute Gasteiger partial charge is 0.435 e. The highest BCUT2D eigenvalue weighted by atomic mass is 19.4. The topological polar surface area (TPSA) is 59.6 Å². The number of urea groups is 1. The van der Waals surface area contributed by atoms with Crippen molar-refractivity contribution in [3.63, 3.8) is 0 Å². The summed E-state index contributed by atoms with van der Waals surface area (Å²) in [6.45, 7) is -3.02. The Hall–Kier alpha value is -3.04. The number of para-hydroxylation sites is 1. The Balaban J connectivity index is 1.83. The molecule has 2 N–H and O–H groups in total. The molecule has 5 nitrogen and oxygen atoms in total. The maximum atomic E-state index is 12.4. The van der Waals surface area contributed by atoms with Gasteiger partial charge in [0.15, 0.2) is 0 Å². The minimum Gasteiger partial charge on any atom is -0.435 e. The Morgan fingerprint density at radius 2 is 1.59 bits per heavy atom. The molecule has 0 saturated heterocycles. The summed E-state index contributed by atoms with van der Waals surface area (Å²) in [6.07, 6.45) is -4.83. The molecule has 0 bridgehead atoms. The van der Waals surface area contributed by atoms with Crippen molar-refractivity contribution < 1.29 is 36.2 Å². The van der Waals surface area contributed by atoms with E-state index in [1.54, 1.807) is 0 Å². The monoisotopic (exact) mass is 390 g/mol. The molecule has 0 aliphatic heterocycles. The fourth-order valence-electron chi connectivity index (χ4n) is 2.08. The highest BCUT2D eigenvalue weighted by Crippen LogP contribution is 2.26. The van der Waals surface area contributed by atoms with E-state index in [-0.39, 0.29) is 24.4 Å². The standard InChI is InChI=1S/C17H15F5N2O3/c18-15(19)26-13-7-5-11(6-8-13)9-23-16(25)24-10-12-3-1-2-4-14(12)27-17(20,21)22/h1-8,15H,9-10H2,(H2,23,24,25). The van der Waals surface area contributed by atoms with Crippen LogP contribution in [0.1, 0.15) is 11.1 Å². The number of halogens is 5. The lowest BCUT2D eigenvalue weighted by Gasteiger charge is -2.14. The van der Waals surface area contributed by atoms with E-state index in [2.05, 4.69) is 20.1 Å². The summed E-state index contributed by atoms with van der Waals surface area (Å²) in [5, 5.41) is 4.91. The molecule has 2 amide bonds. The Morgan fingerprint density at radius 3 is 2.22 bits per heavy atom. The summed E-state index contributed by atoms with van der Waals surface area (Å²) in [5.74, 6) is -0.417. The van der Waals surface area contributed by atoms with Crippen LogP contribution in [0.5, 0.6) is 11.5 Å². The van der Waals surface area contributed by atoms with Crippen molar-refractivity contribution in [1.82, 2.24) is 10.6 Å². The van der Waals surface area contributed by atoms with Gasteiger partial charge >= 0.3 is 19.0 Å². The molecule has 2 aromatic rings. The first-order valence-corrected chi connectivity index (χ1v) is 7.62. The van der Waals surface area contributed by atoms with Gasteiger partial charge in [0.25, 0.3) is 0 Å². The first kappa shape index (κ1) is 20.3. The largest absolute Gasteiger partial charge is 0.573 e. The van der Waals surface area contributed by atoms with Gasteiger partial charge in [0.1, 0.15) is 11.5 Å². The van der Waals surface area contributed by atoms with Crippen molar-refractivity contribution in [2.24, 2.45) is 0 Å². The van der Waals surface area contributed by atoms with Crippen molar-refractivity contribution >= 4 is 6.03 Å². The number of hydrogen-bond donors (Lipinski definition) is 2. The van der Waals surface area contributed by atoms with Crippen LogP contribution in [0, 0.1) is 0 Å². The second kappa shape index (κ2) is 9.06. The number of hydrogen-bond acceptors (Lipinski definition) is 3. The minimum atomic E-state index is -4.83. The van der Waals surface area contributed by atoms with E-state index in [1.807, 2.05) is 0 Å². The van der Waals surface area contributed by atoms with E-state index in [1.165, 1.54) is 42.5 Å². The van der Waals surface area contributed by atoms with Gasteiger partial charge in [0.2, 0.25) is 0 Å². The van der Waals surface area contributed by atoms with Crippen molar-refractivity contribution in [3.05, 3.63) is 59.7 Å². The normalized spacial score (nSPS) is 11.2. The van der Waals surface area contributed by atoms with Crippen molar-refractivity contribution in [2.45, 2.75) is 26.1 Å². The number of ether oxygens (including phenoxy) is 2. The summed E-state index contributed by atoms with van der Waals surface area (Å²) in [5.41, 5.74) is 0.769. The molecule has 0 atom stereocenters. The van der Waals surface area contributed by atoms with Crippen LogP contribution < -0.4 is 20.1 Å². The number of amides is 2. The molecule has 0 spiro atoms. The predicted molar refractivity (Wildman–Crippen MR) is 85.3 cm³/mol. The molecule has 0 saturated carbocycles. The number of benzene rings is 2. The number of carbonyl (C=O) groups is 1. The van der Waals surface area contributed by atoms with Crippen LogP contribution in [0.4, 0.5) is 26.7 Å². The zero-order valence-electron chi connectivity index (χ0n) is 13.7. The number of nitrogens with one attached hydrogen (secondary N) is 2. The van der Waals surface area contributed by atoms with Gasteiger partial charge in [0.05, 0.1) is 0 Å². The molecule has 0 aliphatic carbocycles. The second-order valence-corrected chi connectivity index (χ2v) is 5.21. The quantitative estimate of drug-likeness (QED) is 0.698. The number of rotatable bonds is 7. The molecule has 2 rings (SSSR count). The van der Waals surface area contributed by atoms with Crippen molar-refractivity contribution in [3.8, 4) is 11.5 Å². The van der Waals surface area contributed by atoms with E-state index < -0.39 is 24.8 Å². The van der Waals surface area contributed by atoms with Crippen LogP contribution in [0.15, 0.2) is 48.5 Å². The third-order valence-electron chi connectivity index (χ3n) is 3.24. The first-order chi connectivity index (χ1) is 12.7. The Labute approximate surface area is 151 Å². The molecule has 0 heterocycles. The Kier molecular flexibility index (Phi) is 6.80. The van der Waals surface area contributed by atoms with Gasteiger partial charge < -0.3 is 20.1 Å². The fraction of sp³-hybridized carbons (Fsp3) is 0.235. The summed E-state index contributed by atoms with van der Waals surface area (Å²) >= 11 is 0. The lowest BCUT2D eigenvalue weighted by Crippen LogP contribution is -2.34. The van der Waals surface area contributed by atoms with Crippen molar-refractivity contribution in [2.75, 3.05) is 0 Å². The molecule has 0 aromatic heterocycles. The van der Waals surface area contributed by atoms with Gasteiger partial charge in [-0.3, -0.25) is 0 Å². The van der Waals surface area contributed by atoms with Gasteiger partial charge in [-0.05, 0) is 23.8 Å². The number of alkyl halides is 5. The molecule has 0 unspecified atom stereocenters. The van der Waals surface area contributed by atoms with E-state index in [0.717, 1.165) is 6.07 Å². The molecule has 0 fully saturated rings. The Bertz CT molecular complexity index is 751. The van der Waals surface area contributed by atoms with Crippen LogP contribution >= 0.6 is 0 Å². The van der Waals surface area contributed by atoms with Crippen LogP contribution in [0.25, 0.3) is 0 Å². The van der Waals surface area contributed by atoms with Crippen LogP contribution in [0.2, 0.25) is 0 Å². The molecular formula is C17H15F5N2O3. The van der Waals surface area contributed by atoms with Crippen molar-refractivity contribution in [1.29, 1.82) is 0 Å².